The number of rotatable bonds is 2. The monoisotopic (exact) mass is 423 g/mol. The zero-order valence-electron chi connectivity index (χ0n) is 18.0. The second kappa shape index (κ2) is 7.11. The maximum absolute atomic E-state index is 6.20. The highest BCUT2D eigenvalue weighted by Crippen LogP contribution is 2.41. The lowest BCUT2D eigenvalue weighted by Gasteiger charge is -2.16. The molecule has 2 nitrogen and oxygen atoms in total. The van der Waals surface area contributed by atoms with E-state index in [1.807, 2.05) is 18.2 Å². The first kappa shape index (κ1) is 18.3. The molecule has 0 spiro atoms. The summed E-state index contributed by atoms with van der Waals surface area (Å²) in [6.45, 7) is 0. The molecule has 7 rings (SSSR count). The quantitative estimate of drug-likeness (QED) is 0.283. The van der Waals surface area contributed by atoms with Gasteiger partial charge in [-0.3, -0.25) is 0 Å². The molecule has 1 unspecified atom stereocenters. The van der Waals surface area contributed by atoms with Crippen LogP contribution in [-0.4, -0.2) is 0 Å². The summed E-state index contributed by atoms with van der Waals surface area (Å²) in [5, 5.41) is 11.1. The molecule has 33 heavy (non-hydrogen) atoms. The minimum Gasteiger partial charge on any atom is -0.464 e. The van der Waals surface area contributed by atoms with Crippen LogP contribution in [0.15, 0.2) is 115 Å². The standard InChI is InChI=1S/C31H21NO/c1-2-8-20(9-3-1)21-14-16-25-26-17-15-22(31-32-29-12-6-7-13-30(29)33-31)19-28(26)24-11-5-4-10-23(24)27(25)18-21/h1-19,31-32H. The molecule has 6 aromatic rings. The average Bonchev–Trinajstić information content (AvgIpc) is 3.33. The van der Waals surface area contributed by atoms with E-state index in [2.05, 4.69) is 102 Å². The molecule has 0 amide bonds. The molecule has 0 saturated carbocycles. The number of para-hydroxylation sites is 2. The highest BCUT2D eigenvalue weighted by Gasteiger charge is 2.23. The van der Waals surface area contributed by atoms with Crippen molar-refractivity contribution in [3.8, 4) is 16.9 Å². The third kappa shape index (κ3) is 2.88. The van der Waals surface area contributed by atoms with Crippen LogP contribution >= 0.6 is 0 Å². The molecule has 1 N–H and O–H groups in total. The Morgan fingerprint density at radius 3 is 1.91 bits per heavy atom. The van der Waals surface area contributed by atoms with Gasteiger partial charge in [0.25, 0.3) is 0 Å². The summed E-state index contributed by atoms with van der Waals surface area (Å²) in [4.78, 5) is 0. The van der Waals surface area contributed by atoms with E-state index in [4.69, 9.17) is 4.74 Å². The molecule has 1 aliphatic heterocycles. The summed E-state index contributed by atoms with van der Waals surface area (Å²) in [6, 6.07) is 41.0. The highest BCUT2D eigenvalue weighted by atomic mass is 16.5. The van der Waals surface area contributed by atoms with E-state index < -0.39 is 0 Å². The van der Waals surface area contributed by atoms with Gasteiger partial charge in [0.05, 0.1) is 5.69 Å². The lowest BCUT2D eigenvalue weighted by atomic mass is 9.91. The molecule has 2 heteroatoms. The predicted octanol–water partition coefficient (Wildman–Crippen LogP) is 8.32. The molecule has 6 aromatic carbocycles. The first-order chi connectivity index (χ1) is 16.3. The Labute approximate surface area is 192 Å². The van der Waals surface area contributed by atoms with Gasteiger partial charge >= 0.3 is 0 Å². The van der Waals surface area contributed by atoms with Gasteiger partial charge in [-0.1, -0.05) is 91.0 Å². The zero-order chi connectivity index (χ0) is 21.8. The Hall–Kier alpha value is -4.30. The summed E-state index contributed by atoms with van der Waals surface area (Å²) in [5.41, 5.74) is 4.65. The fraction of sp³-hybridized carbons (Fsp3) is 0.0323. The molecule has 1 heterocycles. The maximum Gasteiger partial charge on any atom is 0.196 e. The Morgan fingerprint density at radius 1 is 0.485 bits per heavy atom. The van der Waals surface area contributed by atoms with Crippen molar-refractivity contribution in [2.75, 3.05) is 5.32 Å². The molecule has 0 aromatic heterocycles. The van der Waals surface area contributed by atoms with Gasteiger partial charge in [0.15, 0.2) is 6.23 Å². The van der Waals surface area contributed by atoms with Crippen LogP contribution in [-0.2, 0) is 0 Å². The minimum absolute atomic E-state index is 0.179. The van der Waals surface area contributed by atoms with E-state index >= 15 is 0 Å². The topological polar surface area (TPSA) is 21.3 Å². The molecule has 0 saturated heterocycles. The molecule has 0 fully saturated rings. The molecule has 1 aliphatic rings. The molecule has 1 atom stereocenters. The van der Waals surface area contributed by atoms with Crippen LogP contribution in [0.3, 0.4) is 0 Å². The van der Waals surface area contributed by atoms with Crippen LogP contribution in [0.1, 0.15) is 11.8 Å². The third-order valence-electron chi connectivity index (χ3n) is 6.69. The SMILES string of the molecule is c1ccc(-c2ccc3c4ccc(C5Nc6ccccc6O5)cc4c4ccccc4c3c2)cc1. The smallest absolute Gasteiger partial charge is 0.196 e. The van der Waals surface area contributed by atoms with Crippen molar-refractivity contribution in [3.05, 3.63) is 121 Å². The molecule has 0 radical (unpaired) electrons. The van der Waals surface area contributed by atoms with Gasteiger partial charge in [-0.05, 0) is 67.7 Å². The van der Waals surface area contributed by atoms with Gasteiger partial charge in [-0.2, -0.15) is 0 Å². The molecular weight excluding hydrogens is 402 g/mol. The van der Waals surface area contributed by atoms with Gasteiger partial charge < -0.3 is 10.1 Å². The average molecular weight is 424 g/mol. The van der Waals surface area contributed by atoms with Gasteiger partial charge in [0.2, 0.25) is 0 Å². The van der Waals surface area contributed by atoms with E-state index in [-0.39, 0.29) is 6.23 Å². The molecular formula is C31H21NO. The number of fused-ring (bicyclic) bond motifs is 7. The van der Waals surface area contributed by atoms with Crippen LogP contribution in [0.2, 0.25) is 0 Å². The summed E-state index contributed by atoms with van der Waals surface area (Å²) in [7, 11) is 0. The van der Waals surface area contributed by atoms with Crippen LogP contribution < -0.4 is 10.1 Å². The van der Waals surface area contributed by atoms with Crippen LogP contribution in [0.4, 0.5) is 5.69 Å². The number of ether oxygens (including phenoxy) is 1. The van der Waals surface area contributed by atoms with Crippen molar-refractivity contribution in [1.29, 1.82) is 0 Å². The highest BCUT2D eigenvalue weighted by molar-refractivity contribution is 6.25. The Kier molecular flexibility index (Phi) is 3.94. The van der Waals surface area contributed by atoms with Crippen LogP contribution in [0.25, 0.3) is 43.4 Å². The second-order valence-electron chi connectivity index (χ2n) is 8.62. The number of hydrogen-bond donors (Lipinski definition) is 1. The molecule has 0 aliphatic carbocycles. The molecule has 156 valence electrons. The zero-order valence-corrected chi connectivity index (χ0v) is 18.0. The van der Waals surface area contributed by atoms with Gasteiger partial charge in [-0.15, -0.1) is 0 Å². The Morgan fingerprint density at radius 2 is 1.12 bits per heavy atom. The van der Waals surface area contributed by atoms with Crippen LogP contribution in [0.5, 0.6) is 5.75 Å². The number of nitrogens with one attached hydrogen (secondary N) is 1. The summed E-state index contributed by atoms with van der Waals surface area (Å²) < 4.78 is 6.20. The van der Waals surface area contributed by atoms with Gasteiger partial charge in [0.1, 0.15) is 5.75 Å². The summed E-state index contributed by atoms with van der Waals surface area (Å²) in [6.07, 6.45) is -0.179. The van der Waals surface area contributed by atoms with Gasteiger partial charge in [-0.25, -0.2) is 0 Å². The van der Waals surface area contributed by atoms with E-state index in [0.29, 0.717) is 0 Å². The van der Waals surface area contributed by atoms with E-state index in [1.54, 1.807) is 0 Å². The fourth-order valence-electron chi connectivity index (χ4n) is 5.09. The van der Waals surface area contributed by atoms with Crippen molar-refractivity contribution in [1.82, 2.24) is 0 Å². The number of anilines is 1. The first-order valence-electron chi connectivity index (χ1n) is 11.3. The van der Waals surface area contributed by atoms with Crippen molar-refractivity contribution in [3.63, 3.8) is 0 Å². The van der Waals surface area contributed by atoms with E-state index in [9.17, 15) is 0 Å². The minimum atomic E-state index is -0.179. The largest absolute Gasteiger partial charge is 0.464 e. The van der Waals surface area contributed by atoms with E-state index in [1.165, 1.54) is 43.4 Å². The van der Waals surface area contributed by atoms with Crippen LogP contribution in [0, 0.1) is 0 Å². The normalized spacial score (nSPS) is 14.8. The van der Waals surface area contributed by atoms with Crippen molar-refractivity contribution in [2.45, 2.75) is 6.23 Å². The fourth-order valence-corrected chi connectivity index (χ4v) is 5.09. The van der Waals surface area contributed by atoms with Crippen molar-refractivity contribution in [2.24, 2.45) is 0 Å². The molecule has 0 bridgehead atoms. The lowest BCUT2D eigenvalue weighted by Crippen LogP contribution is -2.09. The predicted molar refractivity (Wildman–Crippen MR) is 138 cm³/mol. The number of benzene rings is 6. The Bertz CT molecular complexity index is 1620. The van der Waals surface area contributed by atoms with Crippen molar-refractivity contribution >= 4 is 38.0 Å². The summed E-state index contributed by atoms with van der Waals surface area (Å²) in [5.74, 6) is 0.902. The second-order valence-corrected chi connectivity index (χ2v) is 8.62. The Balaban J connectivity index is 1.44. The first-order valence-corrected chi connectivity index (χ1v) is 11.3. The summed E-state index contributed by atoms with van der Waals surface area (Å²) >= 11 is 0. The third-order valence-corrected chi connectivity index (χ3v) is 6.69. The van der Waals surface area contributed by atoms with Gasteiger partial charge in [0, 0.05) is 5.56 Å². The van der Waals surface area contributed by atoms with E-state index in [0.717, 1.165) is 17.0 Å². The van der Waals surface area contributed by atoms with Crippen molar-refractivity contribution < 1.29 is 4.74 Å². The lowest BCUT2D eigenvalue weighted by molar-refractivity contribution is 0.260. The maximum atomic E-state index is 6.20. The number of hydrogen-bond acceptors (Lipinski definition) is 2.